The number of rotatable bonds is 0. The van der Waals surface area contributed by atoms with E-state index in [1.165, 1.54) is 12.1 Å². The van der Waals surface area contributed by atoms with E-state index in [4.69, 9.17) is 40.3 Å². The highest BCUT2D eigenvalue weighted by molar-refractivity contribution is 14.1. The van der Waals surface area contributed by atoms with Crippen LogP contribution >= 0.6 is 50.1 Å². The van der Waals surface area contributed by atoms with Crippen LogP contribution in [0.15, 0.2) is 77.3 Å². The van der Waals surface area contributed by atoms with Gasteiger partial charge in [-0.05, 0) is 115 Å². The summed E-state index contributed by atoms with van der Waals surface area (Å²) in [6.07, 6.45) is 0. The number of hydrogen-bond donors (Lipinski definition) is 5. The molecule has 9 heteroatoms. The van der Waals surface area contributed by atoms with Gasteiger partial charge in [0, 0.05) is 30.1 Å². The molecule has 0 spiro atoms. The second-order valence-corrected chi connectivity index (χ2v) is 10.4. The van der Waals surface area contributed by atoms with Gasteiger partial charge >= 0.3 is 0 Å². The van der Waals surface area contributed by atoms with Crippen LogP contribution in [0.2, 0.25) is 5.02 Å². The SMILES string of the molecule is C.Cc1ccc(Br)cc1N.Cc1ccc(Cl)cc1N.Cc1ccc(F)cc1N.Nc1ccc(I)cc1N. The Hall–Kier alpha value is -2.69. The quantitative estimate of drug-likeness (QED) is 0.0929. The van der Waals surface area contributed by atoms with Crippen molar-refractivity contribution >= 4 is 78.6 Å². The first kappa shape index (κ1) is 34.3. The predicted octanol–water partition coefficient (Wildman–Crippen LogP) is 8.38. The zero-order valence-corrected chi connectivity index (χ0v) is 24.8. The lowest BCUT2D eigenvalue weighted by molar-refractivity contribution is 0.628. The molecule has 0 saturated carbocycles. The first-order chi connectivity index (χ1) is 16.8. The van der Waals surface area contributed by atoms with E-state index in [1.807, 2.05) is 63.2 Å². The van der Waals surface area contributed by atoms with Crippen LogP contribution in [-0.4, -0.2) is 0 Å². The van der Waals surface area contributed by atoms with E-state index in [-0.39, 0.29) is 13.2 Å². The van der Waals surface area contributed by atoms with E-state index in [2.05, 4.69) is 38.5 Å². The molecule has 10 N–H and O–H groups in total. The average molecular weight is 703 g/mol. The first-order valence-corrected chi connectivity index (χ1v) is 12.9. The van der Waals surface area contributed by atoms with Gasteiger partial charge in [0.05, 0.1) is 11.4 Å². The van der Waals surface area contributed by atoms with Gasteiger partial charge in [0.25, 0.3) is 0 Å². The molecule has 0 unspecified atom stereocenters. The lowest BCUT2D eigenvalue weighted by Crippen LogP contribution is -1.93. The lowest BCUT2D eigenvalue weighted by atomic mass is 10.2. The molecule has 0 radical (unpaired) electrons. The minimum atomic E-state index is -0.280. The smallest absolute Gasteiger partial charge is 0.125 e. The number of anilines is 5. The second kappa shape index (κ2) is 16.9. The van der Waals surface area contributed by atoms with Crippen molar-refractivity contribution in [3.8, 4) is 0 Å². The van der Waals surface area contributed by atoms with Gasteiger partial charge < -0.3 is 28.7 Å². The summed E-state index contributed by atoms with van der Waals surface area (Å²) in [4.78, 5) is 0. The molecule has 4 rings (SSSR count). The van der Waals surface area contributed by atoms with Crippen molar-refractivity contribution < 1.29 is 4.39 Å². The van der Waals surface area contributed by atoms with Crippen molar-refractivity contribution in [2.45, 2.75) is 28.2 Å². The van der Waals surface area contributed by atoms with E-state index in [0.717, 1.165) is 36.1 Å². The molecule has 200 valence electrons. The van der Waals surface area contributed by atoms with Crippen LogP contribution < -0.4 is 28.7 Å². The maximum Gasteiger partial charge on any atom is 0.125 e. The van der Waals surface area contributed by atoms with Crippen molar-refractivity contribution in [1.29, 1.82) is 0 Å². The minimum absolute atomic E-state index is 0. The second-order valence-electron chi connectivity index (χ2n) is 7.78. The third kappa shape index (κ3) is 13.4. The summed E-state index contributed by atoms with van der Waals surface area (Å²) in [6, 6.07) is 21.3. The van der Waals surface area contributed by atoms with Crippen molar-refractivity contribution in [3.63, 3.8) is 0 Å². The Morgan fingerprint density at radius 3 is 1.49 bits per heavy atom. The van der Waals surface area contributed by atoms with Crippen LogP contribution in [0.3, 0.4) is 0 Å². The van der Waals surface area contributed by atoms with Gasteiger partial charge in [-0.25, -0.2) is 4.39 Å². The molecule has 0 aliphatic rings. The zero-order chi connectivity index (χ0) is 27.4. The molecule has 0 fully saturated rings. The number of hydrogen-bond acceptors (Lipinski definition) is 5. The van der Waals surface area contributed by atoms with Gasteiger partial charge in [-0.15, -0.1) is 0 Å². The van der Waals surface area contributed by atoms with E-state index in [9.17, 15) is 4.39 Å². The highest BCUT2D eigenvalue weighted by Crippen LogP contribution is 2.18. The molecular weight excluding hydrogens is 668 g/mol. The minimum Gasteiger partial charge on any atom is -0.398 e. The van der Waals surface area contributed by atoms with E-state index in [0.29, 0.717) is 22.1 Å². The van der Waals surface area contributed by atoms with Crippen LogP contribution in [0.1, 0.15) is 24.1 Å². The number of nitrogen functional groups attached to an aromatic ring is 5. The van der Waals surface area contributed by atoms with Crippen molar-refractivity contribution in [2.75, 3.05) is 28.7 Å². The maximum absolute atomic E-state index is 12.3. The fraction of sp³-hybridized carbons (Fsp3) is 0.143. The predicted molar refractivity (Wildman–Crippen MR) is 174 cm³/mol. The molecule has 0 bridgehead atoms. The fourth-order valence-corrected chi connectivity index (χ4v) is 3.45. The number of nitrogens with two attached hydrogens (primary N) is 5. The summed E-state index contributed by atoms with van der Waals surface area (Å²) in [5.41, 5.74) is 34.0. The summed E-state index contributed by atoms with van der Waals surface area (Å²) in [7, 11) is 0. The Labute approximate surface area is 246 Å². The van der Waals surface area contributed by atoms with Crippen molar-refractivity contribution in [1.82, 2.24) is 0 Å². The topological polar surface area (TPSA) is 130 Å². The molecule has 0 heterocycles. The van der Waals surface area contributed by atoms with Gasteiger partial charge in [-0.3, -0.25) is 0 Å². The van der Waals surface area contributed by atoms with Crippen LogP contribution in [0.4, 0.5) is 32.8 Å². The molecule has 0 aliphatic carbocycles. The molecule has 0 atom stereocenters. The molecule has 4 aromatic rings. The Morgan fingerprint density at radius 2 is 1.11 bits per heavy atom. The number of halogens is 4. The van der Waals surface area contributed by atoms with Crippen LogP contribution in [0.25, 0.3) is 0 Å². The average Bonchev–Trinajstić information content (AvgIpc) is 2.81. The monoisotopic (exact) mass is 701 g/mol. The van der Waals surface area contributed by atoms with Crippen molar-refractivity contribution in [3.05, 3.63) is 108 Å². The first-order valence-electron chi connectivity index (χ1n) is 10.7. The highest BCUT2D eigenvalue weighted by atomic mass is 127. The molecular formula is C28H35BrClFIN5. The molecule has 0 saturated heterocycles. The molecule has 37 heavy (non-hydrogen) atoms. The zero-order valence-electron chi connectivity index (χ0n) is 20.3. The van der Waals surface area contributed by atoms with Gasteiger partial charge in [-0.1, -0.05) is 53.2 Å². The standard InChI is InChI=1S/C7H8BrN.C7H8ClN.C7H8FN.C6H7IN2.CH4/c3*1-5-2-3-6(8)4-7(5)9;7-4-1-2-5(8)6(9)3-4;/h3*2-4H,9H2,1H3;1-3H,8-9H2;1H4. The highest BCUT2D eigenvalue weighted by Gasteiger charge is 1.94. The molecule has 5 nitrogen and oxygen atoms in total. The Balaban J connectivity index is 0.000000463. The summed E-state index contributed by atoms with van der Waals surface area (Å²) in [6.45, 7) is 5.78. The lowest BCUT2D eigenvalue weighted by Gasteiger charge is -1.97. The van der Waals surface area contributed by atoms with Crippen molar-refractivity contribution in [2.24, 2.45) is 0 Å². The summed E-state index contributed by atoms with van der Waals surface area (Å²) in [5, 5.41) is 0.693. The third-order valence-electron chi connectivity index (χ3n) is 4.77. The number of aryl methyl sites for hydroxylation is 3. The Bertz CT molecular complexity index is 1090. The Kier molecular flexibility index (Phi) is 15.7. The fourth-order valence-electron chi connectivity index (χ4n) is 2.38. The van der Waals surface area contributed by atoms with E-state index in [1.54, 1.807) is 18.2 Å². The van der Waals surface area contributed by atoms with Gasteiger partial charge in [0.15, 0.2) is 0 Å². The van der Waals surface area contributed by atoms with Gasteiger partial charge in [0.2, 0.25) is 0 Å². The van der Waals surface area contributed by atoms with Gasteiger partial charge in [0.1, 0.15) is 5.82 Å². The van der Waals surface area contributed by atoms with Crippen LogP contribution in [0.5, 0.6) is 0 Å². The number of benzene rings is 4. The normalized spacial score (nSPS) is 9.27. The largest absolute Gasteiger partial charge is 0.398 e. The summed E-state index contributed by atoms with van der Waals surface area (Å²) >= 11 is 11.1. The summed E-state index contributed by atoms with van der Waals surface area (Å²) in [5.74, 6) is -0.280. The van der Waals surface area contributed by atoms with Crippen LogP contribution in [-0.2, 0) is 0 Å². The Morgan fingerprint density at radius 1 is 0.622 bits per heavy atom. The molecule has 0 aliphatic heterocycles. The summed E-state index contributed by atoms with van der Waals surface area (Å²) < 4.78 is 14.4. The molecule has 0 amide bonds. The van der Waals surface area contributed by atoms with Crippen LogP contribution in [0, 0.1) is 30.2 Å². The third-order valence-corrected chi connectivity index (χ3v) is 6.17. The van der Waals surface area contributed by atoms with Gasteiger partial charge in [-0.2, -0.15) is 0 Å². The van der Waals surface area contributed by atoms with E-state index < -0.39 is 0 Å². The van der Waals surface area contributed by atoms with E-state index >= 15 is 0 Å². The maximum atomic E-state index is 12.3. The molecule has 0 aromatic heterocycles. The molecule has 4 aromatic carbocycles.